The van der Waals surface area contributed by atoms with E-state index in [0.717, 1.165) is 0 Å². The SMILES string of the molecule is C[C@H](Oc1ccc(Cl)cc1Br)C(=O)Nc1ccccc1C(=O)N1CCOCC1. The van der Waals surface area contributed by atoms with E-state index in [0.29, 0.717) is 52.8 Å². The van der Waals surface area contributed by atoms with Crippen LogP contribution in [0.5, 0.6) is 5.75 Å². The number of halogens is 2. The van der Waals surface area contributed by atoms with Gasteiger partial charge in [0.15, 0.2) is 6.10 Å². The minimum atomic E-state index is -0.774. The summed E-state index contributed by atoms with van der Waals surface area (Å²) >= 11 is 9.29. The maximum Gasteiger partial charge on any atom is 0.265 e. The highest BCUT2D eigenvalue weighted by Crippen LogP contribution is 2.29. The Kier molecular flexibility index (Phi) is 6.93. The predicted molar refractivity (Wildman–Crippen MR) is 111 cm³/mol. The molecule has 2 amide bonds. The molecule has 0 bridgehead atoms. The summed E-state index contributed by atoms with van der Waals surface area (Å²) in [6.45, 7) is 3.74. The van der Waals surface area contributed by atoms with Gasteiger partial charge in [-0.1, -0.05) is 23.7 Å². The summed E-state index contributed by atoms with van der Waals surface area (Å²) in [6, 6.07) is 12.0. The minimum absolute atomic E-state index is 0.131. The van der Waals surface area contributed by atoms with E-state index in [1.54, 1.807) is 54.3 Å². The highest BCUT2D eigenvalue weighted by atomic mass is 79.9. The van der Waals surface area contributed by atoms with Crippen LogP contribution in [0.15, 0.2) is 46.9 Å². The van der Waals surface area contributed by atoms with Crippen molar-refractivity contribution in [3.8, 4) is 5.75 Å². The van der Waals surface area contributed by atoms with Gasteiger partial charge >= 0.3 is 0 Å². The Hall–Kier alpha value is -2.09. The second-order valence-electron chi connectivity index (χ2n) is 6.27. The van der Waals surface area contributed by atoms with Crippen molar-refractivity contribution >= 4 is 45.0 Å². The van der Waals surface area contributed by atoms with Crippen molar-refractivity contribution in [1.82, 2.24) is 4.90 Å². The van der Waals surface area contributed by atoms with Gasteiger partial charge in [0.1, 0.15) is 5.75 Å². The third-order valence-corrected chi connectivity index (χ3v) is 5.14. The fraction of sp³-hybridized carbons (Fsp3) is 0.300. The molecule has 3 rings (SSSR count). The summed E-state index contributed by atoms with van der Waals surface area (Å²) in [5, 5.41) is 3.36. The van der Waals surface area contributed by atoms with Crippen molar-refractivity contribution in [2.24, 2.45) is 0 Å². The summed E-state index contributed by atoms with van der Waals surface area (Å²) in [7, 11) is 0. The van der Waals surface area contributed by atoms with E-state index in [2.05, 4.69) is 21.2 Å². The van der Waals surface area contributed by atoms with E-state index >= 15 is 0 Å². The zero-order valence-corrected chi connectivity index (χ0v) is 17.6. The van der Waals surface area contributed by atoms with Crippen molar-refractivity contribution < 1.29 is 19.1 Å². The van der Waals surface area contributed by atoms with Crippen molar-refractivity contribution in [3.63, 3.8) is 0 Å². The lowest BCUT2D eigenvalue weighted by molar-refractivity contribution is -0.122. The van der Waals surface area contributed by atoms with Crippen LogP contribution >= 0.6 is 27.5 Å². The molecule has 0 radical (unpaired) electrons. The van der Waals surface area contributed by atoms with Gasteiger partial charge in [-0.15, -0.1) is 0 Å². The Morgan fingerprint density at radius 1 is 1.21 bits per heavy atom. The smallest absolute Gasteiger partial charge is 0.265 e. The van der Waals surface area contributed by atoms with Gasteiger partial charge in [-0.05, 0) is 53.2 Å². The van der Waals surface area contributed by atoms with E-state index in [1.165, 1.54) is 0 Å². The van der Waals surface area contributed by atoms with Crippen molar-refractivity contribution in [1.29, 1.82) is 0 Å². The van der Waals surface area contributed by atoms with E-state index in [9.17, 15) is 9.59 Å². The van der Waals surface area contributed by atoms with E-state index in [-0.39, 0.29) is 11.8 Å². The van der Waals surface area contributed by atoms with Crippen LogP contribution in [0.2, 0.25) is 5.02 Å². The molecule has 1 heterocycles. The molecule has 0 aromatic heterocycles. The van der Waals surface area contributed by atoms with Crippen LogP contribution in [0.3, 0.4) is 0 Å². The van der Waals surface area contributed by atoms with Crippen LogP contribution < -0.4 is 10.1 Å². The topological polar surface area (TPSA) is 67.9 Å². The van der Waals surface area contributed by atoms with E-state index in [4.69, 9.17) is 21.1 Å². The molecule has 148 valence electrons. The van der Waals surface area contributed by atoms with E-state index in [1.807, 2.05) is 0 Å². The molecule has 2 aromatic carbocycles. The summed E-state index contributed by atoms with van der Waals surface area (Å²) in [6.07, 6.45) is -0.774. The minimum Gasteiger partial charge on any atom is -0.480 e. The molecule has 1 saturated heterocycles. The maximum absolute atomic E-state index is 12.8. The number of nitrogens with one attached hydrogen (secondary N) is 1. The Labute approximate surface area is 176 Å². The zero-order valence-electron chi connectivity index (χ0n) is 15.3. The molecule has 0 aliphatic carbocycles. The van der Waals surface area contributed by atoms with Gasteiger partial charge < -0.3 is 19.7 Å². The number of benzene rings is 2. The summed E-state index contributed by atoms with van der Waals surface area (Å²) in [5.74, 6) is 0.0158. The zero-order chi connectivity index (χ0) is 20.1. The fourth-order valence-corrected chi connectivity index (χ4v) is 3.54. The number of carbonyl (C=O) groups excluding carboxylic acids is 2. The first-order valence-electron chi connectivity index (χ1n) is 8.84. The number of carbonyl (C=O) groups is 2. The van der Waals surface area contributed by atoms with Crippen molar-refractivity contribution in [3.05, 3.63) is 57.5 Å². The lowest BCUT2D eigenvalue weighted by Gasteiger charge is -2.27. The molecule has 1 N–H and O–H groups in total. The Morgan fingerprint density at radius 2 is 1.93 bits per heavy atom. The van der Waals surface area contributed by atoms with Gasteiger partial charge in [-0.2, -0.15) is 0 Å². The number of morpholine rings is 1. The molecule has 0 saturated carbocycles. The molecule has 8 heteroatoms. The lowest BCUT2D eigenvalue weighted by Crippen LogP contribution is -2.41. The molecule has 1 fully saturated rings. The molecule has 1 aliphatic heterocycles. The van der Waals surface area contributed by atoms with Gasteiger partial charge in [0.05, 0.1) is 28.9 Å². The molecule has 0 spiro atoms. The quantitative estimate of drug-likeness (QED) is 0.722. The Bertz CT molecular complexity index is 871. The van der Waals surface area contributed by atoms with Crippen LogP contribution in [0.1, 0.15) is 17.3 Å². The fourth-order valence-electron chi connectivity index (χ4n) is 2.76. The number of anilines is 1. The van der Waals surface area contributed by atoms with Crippen molar-refractivity contribution in [2.75, 3.05) is 31.6 Å². The molecular formula is C20H20BrClN2O4. The molecule has 28 heavy (non-hydrogen) atoms. The van der Waals surface area contributed by atoms with Crippen LogP contribution in [-0.4, -0.2) is 49.1 Å². The number of ether oxygens (including phenoxy) is 2. The van der Waals surface area contributed by atoms with Crippen molar-refractivity contribution in [2.45, 2.75) is 13.0 Å². The number of amides is 2. The van der Waals surface area contributed by atoms with Gasteiger partial charge in [0.25, 0.3) is 11.8 Å². The van der Waals surface area contributed by atoms with Gasteiger partial charge in [-0.25, -0.2) is 0 Å². The summed E-state index contributed by atoms with van der Waals surface area (Å²) in [4.78, 5) is 27.2. The predicted octanol–water partition coefficient (Wildman–Crippen LogP) is 3.98. The average Bonchev–Trinajstić information content (AvgIpc) is 2.70. The Morgan fingerprint density at radius 3 is 2.64 bits per heavy atom. The molecule has 1 aliphatic rings. The molecular weight excluding hydrogens is 448 g/mol. The van der Waals surface area contributed by atoms with Gasteiger partial charge in [-0.3, -0.25) is 9.59 Å². The van der Waals surface area contributed by atoms with Crippen LogP contribution in [0, 0.1) is 0 Å². The highest BCUT2D eigenvalue weighted by molar-refractivity contribution is 9.10. The molecule has 0 unspecified atom stereocenters. The number of rotatable bonds is 5. The van der Waals surface area contributed by atoms with Gasteiger partial charge in [0, 0.05) is 18.1 Å². The normalized spacial score (nSPS) is 15.0. The standard InChI is InChI=1S/C20H20BrClN2O4/c1-13(28-18-7-6-14(22)12-16(18)21)19(25)23-17-5-3-2-4-15(17)20(26)24-8-10-27-11-9-24/h2-7,12-13H,8-11H2,1H3,(H,23,25)/t13-/m0/s1. The number of hydrogen-bond acceptors (Lipinski definition) is 4. The Balaban J connectivity index is 1.70. The monoisotopic (exact) mass is 466 g/mol. The second-order valence-corrected chi connectivity index (χ2v) is 7.57. The third-order valence-electron chi connectivity index (χ3n) is 4.28. The van der Waals surface area contributed by atoms with Crippen LogP contribution in [0.25, 0.3) is 0 Å². The average molecular weight is 468 g/mol. The lowest BCUT2D eigenvalue weighted by atomic mass is 10.1. The van der Waals surface area contributed by atoms with E-state index < -0.39 is 6.10 Å². The first-order valence-corrected chi connectivity index (χ1v) is 10.0. The summed E-state index contributed by atoms with van der Waals surface area (Å²) < 4.78 is 11.7. The molecule has 6 nitrogen and oxygen atoms in total. The number of nitrogens with zero attached hydrogens (tertiary/aromatic N) is 1. The highest BCUT2D eigenvalue weighted by Gasteiger charge is 2.23. The maximum atomic E-state index is 12.8. The largest absolute Gasteiger partial charge is 0.480 e. The molecule has 1 atom stereocenters. The number of para-hydroxylation sites is 1. The third kappa shape index (κ3) is 5.04. The number of hydrogen-bond donors (Lipinski definition) is 1. The first kappa shape index (κ1) is 20.6. The summed E-state index contributed by atoms with van der Waals surface area (Å²) in [5.41, 5.74) is 0.896. The second kappa shape index (κ2) is 9.41. The first-order chi connectivity index (χ1) is 13.5. The van der Waals surface area contributed by atoms with Crippen LogP contribution in [0.4, 0.5) is 5.69 Å². The van der Waals surface area contributed by atoms with Crippen LogP contribution in [-0.2, 0) is 9.53 Å². The molecule has 2 aromatic rings. The van der Waals surface area contributed by atoms with Gasteiger partial charge in [0.2, 0.25) is 0 Å².